The molecule has 0 spiro atoms. The summed E-state index contributed by atoms with van der Waals surface area (Å²) in [4.78, 5) is 0. The predicted molar refractivity (Wildman–Crippen MR) is 61.9 cm³/mol. The average molecular weight is 266 g/mol. The first kappa shape index (κ1) is 13.2. The fourth-order valence-electron chi connectivity index (χ4n) is 4.26. The van der Waals surface area contributed by atoms with Crippen molar-refractivity contribution in [3.63, 3.8) is 0 Å². The molecule has 0 unspecified atom stereocenters. The fourth-order valence-corrected chi connectivity index (χ4v) is 4.51. The number of hydrogen-bond donors (Lipinski definition) is 0. The normalized spacial score (nSPS) is 46.0. The van der Waals surface area contributed by atoms with E-state index < -0.39 is 0 Å². The van der Waals surface area contributed by atoms with E-state index in [2.05, 4.69) is 0 Å². The van der Waals surface area contributed by atoms with E-state index in [0.29, 0.717) is 10.5 Å². The van der Waals surface area contributed by atoms with Crippen LogP contribution < -0.4 is 51.4 Å². The van der Waals surface area contributed by atoms with E-state index >= 15 is 0 Å². The number of ether oxygens (including phenoxy) is 1. The third-order valence-corrected chi connectivity index (χ3v) is 4.81. The van der Waals surface area contributed by atoms with Crippen molar-refractivity contribution < 1.29 is 56.1 Å². The smallest absolute Gasteiger partial charge is 0.510 e. The zero-order valence-electron chi connectivity index (χ0n) is 9.15. The molecule has 0 aromatic heterocycles. The van der Waals surface area contributed by atoms with E-state index in [1.165, 1.54) is 32.1 Å². The summed E-state index contributed by atoms with van der Waals surface area (Å²) in [5, 5.41) is 0. The van der Waals surface area contributed by atoms with E-state index in [4.69, 9.17) is 29.6 Å². The molecular weight excluding hydrogens is 251 g/mol. The van der Waals surface area contributed by atoms with E-state index in [1.54, 1.807) is 0 Å². The molecule has 0 aromatic rings. The van der Waals surface area contributed by atoms with Crippen molar-refractivity contribution in [2.24, 2.45) is 23.7 Å². The van der Waals surface area contributed by atoms with Crippen LogP contribution in [0, 0.1) is 23.7 Å². The van der Waals surface area contributed by atoms with Gasteiger partial charge in [0, 0.05) is 4.38 Å². The van der Waals surface area contributed by atoms with Gasteiger partial charge < -0.3 is 29.6 Å². The molecule has 3 rings (SSSR count). The molecule has 0 aliphatic heterocycles. The van der Waals surface area contributed by atoms with Crippen molar-refractivity contribution in [1.29, 1.82) is 0 Å². The molecule has 0 heterocycles. The molecule has 3 aliphatic carbocycles. The Hall–Kier alpha value is 1.75. The summed E-state index contributed by atoms with van der Waals surface area (Å²) < 4.78 is 5.93. The third kappa shape index (κ3) is 2.33. The summed E-state index contributed by atoms with van der Waals surface area (Å²) in [5.41, 5.74) is 0. The summed E-state index contributed by atoms with van der Waals surface area (Å²) in [7, 11) is 0. The fraction of sp³-hybridized carbons (Fsp3) is 0.909. The Labute approximate surface area is 145 Å². The van der Waals surface area contributed by atoms with Gasteiger partial charge in [0.25, 0.3) is 0 Å². The van der Waals surface area contributed by atoms with Crippen LogP contribution in [0.25, 0.3) is 0 Å². The molecule has 0 radical (unpaired) electrons. The molecule has 15 heavy (non-hydrogen) atoms. The Kier molecular flexibility index (Phi) is 4.54. The van der Waals surface area contributed by atoms with Crippen LogP contribution in [0.4, 0.5) is 0 Å². The minimum Gasteiger partial charge on any atom is -0.510 e. The number of hydrogen-bond acceptors (Lipinski definition) is 3. The van der Waals surface area contributed by atoms with Crippen LogP contribution in [-0.4, -0.2) is 10.5 Å². The van der Waals surface area contributed by atoms with Crippen molar-refractivity contribution in [2.75, 3.05) is 0 Å². The van der Waals surface area contributed by atoms with Gasteiger partial charge in [0.1, 0.15) is 0 Å². The second-order valence-corrected chi connectivity index (χ2v) is 6.06. The monoisotopic (exact) mass is 266 g/mol. The second-order valence-electron chi connectivity index (χ2n) is 5.06. The maximum atomic E-state index is 5.60. The average Bonchev–Trinajstić information content (AvgIpc) is 2.68. The van der Waals surface area contributed by atoms with Crippen LogP contribution >= 0.6 is 12.2 Å². The van der Waals surface area contributed by atoms with E-state index in [0.717, 1.165) is 23.7 Å². The number of rotatable bonds is 1. The molecule has 4 heteroatoms. The Morgan fingerprint density at radius 2 is 1.87 bits per heavy atom. The minimum atomic E-state index is 0. The Morgan fingerprint density at radius 3 is 2.60 bits per heavy atom. The molecule has 0 N–H and O–H groups in total. The van der Waals surface area contributed by atoms with Gasteiger partial charge in [-0.15, -0.1) is 0 Å². The number of fused-ring (bicyclic) bond motifs is 5. The quantitative estimate of drug-likeness (QED) is 0.365. The van der Waals surface area contributed by atoms with Crippen molar-refractivity contribution in [2.45, 2.75) is 38.2 Å². The molecule has 3 aliphatic rings. The molecule has 1 nitrogen and oxygen atoms in total. The van der Waals surface area contributed by atoms with Crippen molar-refractivity contribution in [3.8, 4) is 0 Å². The van der Waals surface area contributed by atoms with Gasteiger partial charge >= 0.3 is 51.4 Å². The van der Waals surface area contributed by atoms with Crippen LogP contribution in [0.3, 0.4) is 0 Å². The zero-order valence-corrected chi connectivity index (χ0v) is 13.9. The largest absolute Gasteiger partial charge is 1.00 e. The van der Waals surface area contributed by atoms with Crippen LogP contribution in [-0.2, 0) is 17.4 Å². The van der Waals surface area contributed by atoms with Gasteiger partial charge in [0.15, 0.2) is 0 Å². The summed E-state index contributed by atoms with van der Waals surface area (Å²) in [6.07, 6.45) is 7.32. The molecule has 0 aromatic carbocycles. The first-order chi connectivity index (χ1) is 6.75. The van der Waals surface area contributed by atoms with Gasteiger partial charge in [-0.1, -0.05) is 6.42 Å². The SMILES string of the molecule is S=C([S-])O[C@@H]1C[C@@H]2C[C@H]1[C@@H]1CCC[C@H]21.[K+]. The summed E-state index contributed by atoms with van der Waals surface area (Å²) >= 11 is 9.72. The standard InChI is InChI=1S/C11H16OS2.K/c13-11(14)12-10-5-6-4-9(10)8-3-1-2-7(6)8;/h6-10H,1-5H2,(H,13,14);/q;+1/p-1/t6-,7+,8+,9-,10+;/m0./s1. The Morgan fingerprint density at radius 1 is 1.13 bits per heavy atom. The molecule has 2 bridgehead atoms. The minimum absolute atomic E-state index is 0. The summed E-state index contributed by atoms with van der Waals surface area (Å²) in [6, 6.07) is 0. The molecule has 78 valence electrons. The molecule has 3 fully saturated rings. The van der Waals surface area contributed by atoms with E-state index in [-0.39, 0.29) is 51.4 Å². The molecule has 3 saturated carbocycles. The van der Waals surface area contributed by atoms with Gasteiger partial charge in [-0.25, -0.2) is 0 Å². The molecule has 0 amide bonds. The summed E-state index contributed by atoms with van der Waals surface area (Å²) in [6.45, 7) is 0. The van der Waals surface area contributed by atoms with E-state index in [9.17, 15) is 0 Å². The van der Waals surface area contributed by atoms with Crippen LogP contribution in [0.5, 0.6) is 0 Å². The zero-order chi connectivity index (χ0) is 9.71. The predicted octanol–water partition coefficient (Wildman–Crippen LogP) is -0.336. The van der Waals surface area contributed by atoms with Crippen molar-refractivity contribution in [1.82, 2.24) is 0 Å². The van der Waals surface area contributed by atoms with Crippen LogP contribution in [0.1, 0.15) is 32.1 Å². The molecular formula is C11H15KOS2. The van der Waals surface area contributed by atoms with Gasteiger partial charge in [-0.05, 0) is 49.4 Å². The Bertz CT molecular complexity index is 271. The van der Waals surface area contributed by atoms with Gasteiger partial charge in [-0.2, -0.15) is 0 Å². The third-order valence-electron chi connectivity index (χ3n) is 4.62. The van der Waals surface area contributed by atoms with Crippen LogP contribution in [0.2, 0.25) is 0 Å². The molecule has 0 saturated heterocycles. The van der Waals surface area contributed by atoms with E-state index in [1.807, 2.05) is 0 Å². The summed E-state index contributed by atoms with van der Waals surface area (Å²) in [5.74, 6) is 3.69. The van der Waals surface area contributed by atoms with Gasteiger partial charge in [0.2, 0.25) is 0 Å². The maximum absolute atomic E-state index is 5.60. The maximum Gasteiger partial charge on any atom is 1.00 e. The van der Waals surface area contributed by atoms with Gasteiger partial charge in [0.05, 0.1) is 6.10 Å². The van der Waals surface area contributed by atoms with Gasteiger partial charge in [-0.3, -0.25) is 0 Å². The molecule has 5 atom stereocenters. The van der Waals surface area contributed by atoms with Crippen LogP contribution in [0.15, 0.2) is 0 Å². The first-order valence-corrected chi connectivity index (χ1v) is 6.45. The van der Waals surface area contributed by atoms with Crippen molar-refractivity contribution in [3.05, 3.63) is 0 Å². The topological polar surface area (TPSA) is 9.23 Å². The Balaban J connectivity index is 0.000000853. The first-order valence-electron chi connectivity index (χ1n) is 5.63. The number of thiocarbonyl (C=S) groups is 1. The van der Waals surface area contributed by atoms with Crippen molar-refractivity contribution >= 4 is 29.2 Å². The second kappa shape index (κ2) is 5.17.